The van der Waals surface area contributed by atoms with E-state index in [2.05, 4.69) is 6.92 Å². The Kier molecular flexibility index (Phi) is 14.6. The van der Waals surface area contributed by atoms with Crippen LogP contribution in [0.15, 0.2) is 0 Å². The quantitative estimate of drug-likeness (QED) is 0.225. The maximum Gasteiger partial charge on any atom is 0.273 e. The van der Waals surface area contributed by atoms with Crippen LogP contribution in [0.4, 0.5) is 0 Å². The van der Waals surface area contributed by atoms with E-state index in [4.69, 9.17) is 22.2 Å². The highest BCUT2D eigenvalue weighted by atomic mass is 35.7. The van der Waals surface area contributed by atoms with E-state index in [1.54, 1.807) is 0 Å². The second-order valence-electron chi connectivity index (χ2n) is 4.62. The molecule has 0 saturated carbocycles. The molecule has 0 aromatic heterocycles. The van der Waals surface area contributed by atoms with Crippen molar-refractivity contribution in [1.29, 1.82) is 0 Å². The van der Waals surface area contributed by atoms with E-state index in [9.17, 15) is 0 Å². The Morgan fingerprint density at radius 1 is 0.625 bits per heavy atom. The lowest BCUT2D eigenvalue weighted by Crippen LogP contribution is -1.91. The molecule has 97 valence electrons. The second kappa shape index (κ2) is 13.9. The first-order chi connectivity index (χ1) is 7.77. The molecule has 0 spiro atoms. The van der Waals surface area contributed by atoms with Crippen molar-refractivity contribution in [1.82, 2.24) is 0 Å². The minimum atomic E-state index is -1.000. The van der Waals surface area contributed by atoms with Gasteiger partial charge in [-0.1, -0.05) is 77.6 Å². The summed E-state index contributed by atoms with van der Waals surface area (Å²) < 4.78 is 0. The summed E-state index contributed by atoms with van der Waals surface area (Å²) in [6.45, 7) is 2.27. The van der Waals surface area contributed by atoms with Gasteiger partial charge in [0.15, 0.2) is 0 Å². The highest BCUT2D eigenvalue weighted by molar-refractivity contribution is 7.33. The van der Waals surface area contributed by atoms with Crippen LogP contribution in [-0.2, 0) is 0 Å². The molecule has 0 atom stereocenters. The first kappa shape index (κ1) is 16.8. The van der Waals surface area contributed by atoms with E-state index in [0.717, 1.165) is 6.04 Å². The van der Waals surface area contributed by atoms with Gasteiger partial charge in [-0.2, -0.15) is 0 Å². The van der Waals surface area contributed by atoms with E-state index in [-0.39, 0.29) is 0 Å². The highest BCUT2D eigenvalue weighted by Crippen LogP contribution is 2.14. The Bertz CT molecular complexity index is 129. The van der Waals surface area contributed by atoms with Crippen molar-refractivity contribution in [3.05, 3.63) is 0 Å². The molecule has 0 aliphatic rings. The molecule has 0 aliphatic carbocycles. The average Bonchev–Trinajstić information content (AvgIpc) is 2.25. The third-order valence-electron chi connectivity index (χ3n) is 2.97. The molecule has 1 radical (unpaired) electrons. The smallest absolute Gasteiger partial charge is 0.147 e. The van der Waals surface area contributed by atoms with Crippen LogP contribution in [0.5, 0.6) is 0 Å². The minimum Gasteiger partial charge on any atom is -0.147 e. The van der Waals surface area contributed by atoms with Gasteiger partial charge in [-0.15, -0.1) is 22.2 Å². The fourth-order valence-electron chi connectivity index (χ4n) is 1.92. The van der Waals surface area contributed by atoms with Crippen molar-refractivity contribution >= 4 is 29.6 Å². The van der Waals surface area contributed by atoms with Crippen molar-refractivity contribution in [2.45, 2.75) is 83.6 Å². The molecule has 0 aliphatic heterocycles. The van der Waals surface area contributed by atoms with Gasteiger partial charge in [0, 0.05) is 0 Å². The van der Waals surface area contributed by atoms with Crippen molar-refractivity contribution in [2.75, 3.05) is 0 Å². The number of hydrogen-bond donors (Lipinski definition) is 0. The van der Waals surface area contributed by atoms with Gasteiger partial charge in [0.1, 0.15) is 0 Å². The van der Waals surface area contributed by atoms with Crippen LogP contribution in [0.2, 0.25) is 6.04 Å². The lowest BCUT2D eigenvalue weighted by Gasteiger charge is -2.02. The van der Waals surface area contributed by atoms with Crippen molar-refractivity contribution in [3.63, 3.8) is 0 Å². The zero-order valence-corrected chi connectivity index (χ0v) is 13.3. The molecule has 3 heteroatoms. The Labute approximate surface area is 113 Å². The molecular weight excluding hydrogens is 255 g/mol. The number of hydrogen-bond acceptors (Lipinski definition) is 0. The lowest BCUT2D eigenvalue weighted by atomic mass is 10.1. The second-order valence-corrected chi connectivity index (χ2v) is 9.12. The fourth-order valence-corrected chi connectivity index (χ4v) is 3.24. The monoisotopic (exact) mass is 281 g/mol. The van der Waals surface area contributed by atoms with Crippen LogP contribution in [0.25, 0.3) is 0 Å². The molecule has 0 bridgehead atoms. The summed E-state index contributed by atoms with van der Waals surface area (Å²) in [5, 5.41) is 0. The lowest BCUT2D eigenvalue weighted by molar-refractivity contribution is 0.554. The molecule has 0 aromatic carbocycles. The highest BCUT2D eigenvalue weighted by Gasteiger charge is 2.01. The van der Waals surface area contributed by atoms with Gasteiger partial charge in [0.05, 0.1) is 0 Å². The van der Waals surface area contributed by atoms with Gasteiger partial charge in [0.2, 0.25) is 0 Å². The van der Waals surface area contributed by atoms with Crippen molar-refractivity contribution < 1.29 is 0 Å². The van der Waals surface area contributed by atoms with Gasteiger partial charge >= 0.3 is 0 Å². The minimum absolute atomic E-state index is 1.000. The number of halogens is 2. The number of rotatable bonds is 12. The Hall–Kier alpha value is 0.797. The first-order valence-electron chi connectivity index (χ1n) is 6.94. The molecule has 0 amide bonds. The summed E-state index contributed by atoms with van der Waals surface area (Å²) in [5.74, 6) is 0. The average molecular weight is 282 g/mol. The van der Waals surface area contributed by atoms with Gasteiger partial charge in [-0.05, 0) is 6.04 Å². The molecule has 0 rings (SSSR count). The van der Waals surface area contributed by atoms with E-state index >= 15 is 0 Å². The molecule has 0 fully saturated rings. The van der Waals surface area contributed by atoms with Gasteiger partial charge in [-0.25, -0.2) is 0 Å². The molecule has 0 unspecified atom stereocenters. The topological polar surface area (TPSA) is 0 Å². The van der Waals surface area contributed by atoms with Gasteiger partial charge < -0.3 is 0 Å². The van der Waals surface area contributed by atoms with Crippen LogP contribution in [0.1, 0.15) is 77.6 Å². The zero-order valence-electron chi connectivity index (χ0n) is 10.7. The maximum atomic E-state index is 5.77. The first-order valence-corrected chi connectivity index (χ1v) is 10.7. The maximum absolute atomic E-state index is 5.77. The van der Waals surface area contributed by atoms with Crippen LogP contribution in [0, 0.1) is 0 Å². The summed E-state index contributed by atoms with van der Waals surface area (Å²) >= 11 is 11.5. The van der Waals surface area contributed by atoms with Crippen molar-refractivity contribution in [2.24, 2.45) is 0 Å². The molecule has 16 heavy (non-hydrogen) atoms. The van der Waals surface area contributed by atoms with Crippen LogP contribution in [-0.4, -0.2) is 7.42 Å². The third kappa shape index (κ3) is 14.8. The fraction of sp³-hybridized carbons (Fsp3) is 1.00. The predicted octanol–water partition coefficient (Wildman–Crippen LogP) is 6.26. The summed E-state index contributed by atoms with van der Waals surface area (Å²) in [6.07, 6.45) is 15.3. The molecular formula is C13H27Cl2Si. The van der Waals surface area contributed by atoms with Gasteiger partial charge in [-0.3, -0.25) is 0 Å². The Morgan fingerprint density at radius 2 is 1.00 bits per heavy atom. The van der Waals surface area contributed by atoms with E-state index in [0.29, 0.717) is 0 Å². The van der Waals surface area contributed by atoms with Gasteiger partial charge in [0.25, 0.3) is 7.42 Å². The molecule has 0 heterocycles. The van der Waals surface area contributed by atoms with Crippen LogP contribution < -0.4 is 0 Å². The van der Waals surface area contributed by atoms with E-state index in [1.165, 1.54) is 70.6 Å². The summed E-state index contributed by atoms with van der Waals surface area (Å²) in [7, 11) is -1.000. The summed E-state index contributed by atoms with van der Waals surface area (Å²) in [5.41, 5.74) is 0. The van der Waals surface area contributed by atoms with Crippen molar-refractivity contribution in [3.8, 4) is 0 Å². The van der Waals surface area contributed by atoms with Crippen LogP contribution >= 0.6 is 22.2 Å². The third-order valence-corrected chi connectivity index (χ3v) is 4.83. The zero-order chi connectivity index (χ0) is 12.1. The Balaban J connectivity index is 2.88. The molecule has 0 aromatic rings. The molecule has 0 nitrogen and oxygen atoms in total. The Morgan fingerprint density at radius 3 is 1.38 bits per heavy atom. The summed E-state index contributed by atoms with van der Waals surface area (Å²) in [4.78, 5) is 0. The molecule has 0 saturated heterocycles. The SMILES string of the molecule is CCCCCCCCCCCCC[Si](Cl)Cl. The molecule has 0 N–H and O–H groups in total. The predicted molar refractivity (Wildman–Crippen MR) is 78.7 cm³/mol. The number of unbranched alkanes of at least 4 members (excludes halogenated alkanes) is 10. The van der Waals surface area contributed by atoms with Crippen LogP contribution in [0.3, 0.4) is 0 Å². The van der Waals surface area contributed by atoms with E-state index in [1.807, 2.05) is 0 Å². The largest absolute Gasteiger partial charge is 0.273 e. The standard InChI is InChI=1S/C13H27Cl2Si/c1-2-3-4-5-6-7-8-9-10-11-12-13-16(14)15/h2-13H2,1H3. The summed E-state index contributed by atoms with van der Waals surface area (Å²) in [6, 6.07) is 1.06. The van der Waals surface area contributed by atoms with E-state index < -0.39 is 7.42 Å². The normalized spacial score (nSPS) is 11.2.